The second-order valence-corrected chi connectivity index (χ2v) is 5.94. The van der Waals surface area contributed by atoms with Crippen LogP contribution in [0, 0.1) is 13.8 Å². The Kier molecular flexibility index (Phi) is 4.84. The summed E-state index contributed by atoms with van der Waals surface area (Å²) in [5.74, 6) is 1.14. The number of aromatic nitrogens is 2. The molecular formula is C20H21N3O2. The molecule has 2 aromatic carbocycles. The molecule has 0 spiro atoms. The Balaban J connectivity index is 1.86. The molecule has 0 atom stereocenters. The first-order chi connectivity index (χ1) is 12.1. The van der Waals surface area contributed by atoms with Crippen LogP contribution in [-0.2, 0) is 6.54 Å². The SMILES string of the molecule is COc1ccc(CNc2nccn(-c3cc(C)ccc3C)c2=O)cc1. The maximum atomic E-state index is 12.8. The lowest BCUT2D eigenvalue weighted by atomic mass is 10.1. The molecule has 1 aromatic heterocycles. The average Bonchev–Trinajstić information content (AvgIpc) is 2.63. The monoisotopic (exact) mass is 335 g/mol. The predicted octanol–water partition coefficient (Wildman–Crippen LogP) is 3.47. The molecule has 0 aliphatic rings. The van der Waals surface area contributed by atoms with E-state index in [0.717, 1.165) is 28.1 Å². The van der Waals surface area contributed by atoms with Crippen molar-refractivity contribution >= 4 is 5.82 Å². The van der Waals surface area contributed by atoms with Gasteiger partial charge in [-0.1, -0.05) is 24.3 Å². The average molecular weight is 335 g/mol. The fraction of sp³-hybridized carbons (Fsp3) is 0.200. The topological polar surface area (TPSA) is 56.1 Å². The van der Waals surface area contributed by atoms with E-state index in [2.05, 4.69) is 10.3 Å². The van der Waals surface area contributed by atoms with Crippen LogP contribution in [0.5, 0.6) is 5.75 Å². The first-order valence-electron chi connectivity index (χ1n) is 8.10. The summed E-state index contributed by atoms with van der Waals surface area (Å²) < 4.78 is 6.78. The Morgan fingerprint density at radius 1 is 1.12 bits per heavy atom. The third-order valence-electron chi connectivity index (χ3n) is 4.08. The summed E-state index contributed by atoms with van der Waals surface area (Å²) in [6, 6.07) is 13.8. The third kappa shape index (κ3) is 3.71. The number of hydrogen-bond acceptors (Lipinski definition) is 4. The summed E-state index contributed by atoms with van der Waals surface area (Å²) in [6.07, 6.45) is 3.34. The maximum Gasteiger partial charge on any atom is 0.297 e. The van der Waals surface area contributed by atoms with E-state index in [0.29, 0.717) is 12.4 Å². The molecule has 0 saturated heterocycles. The Morgan fingerprint density at radius 3 is 2.60 bits per heavy atom. The quantitative estimate of drug-likeness (QED) is 0.776. The van der Waals surface area contributed by atoms with Crippen molar-refractivity contribution in [2.24, 2.45) is 0 Å². The van der Waals surface area contributed by atoms with E-state index in [4.69, 9.17) is 4.74 Å². The minimum atomic E-state index is -0.162. The van der Waals surface area contributed by atoms with Crippen molar-refractivity contribution in [3.8, 4) is 11.4 Å². The maximum absolute atomic E-state index is 12.8. The highest BCUT2D eigenvalue weighted by molar-refractivity contribution is 5.45. The lowest BCUT2D eigenvalue weighted by molar-refractivity contribution is 0.414. The molecule has 3 aromatic rings. The molecule has 0 bridgehead atoms. The van der Waals surface area contributed by atoms with Crippen LogP contribution < -0.4 is 15.6 Å². The molecule has 5 heteroatoms. The van der Waals surface area contributed by atoms with Gasteiger partial charge < -0.3 is 10.1 Å². The highest BCUT2D eigenvalue weighted by Crippen LogP contribution is 2.15. The lowest BCUT2D eigenvalue weighted by Gasteiger charge is -2.12. The van der Waals surface area contributed by atoms with Crippen LogP contribution in [0.4, 0.5) is 5.82 Å². The molecule has 3 rings (SSSR count). The Hall–Kier alpha value is -3.08. The van der Waals surface area contributed by atoms with E-state index in [9.17, 15) is 4.79 Å². The predicted molar refractivity (Wildman–Crippen MR) is 99.6 cm³/mol. The van der Waals surface area contributed by atoms with Crippen LogP contribution in [0.1, 0.15) is 16.7 Å². The first-order valence-corrected chi connectivity index (χ1v) is 8.10. The van der Waals surface area contributed by atoms with Gasteiger partial charge in [-0.3, -0.25) is 9.36 Å². The summed E-state index contributed by atoms with van der Waals surface area (Å²) in [4.78, 5) is 17.0. The van der Waals surface area contributed by atoms with Gasteiger partial charge in [-0.25, -0.2) is 4.98 Å². The van der Waals surface area contributed by atoms with Crippen LogP contribution in [-0.4, -0.2) is 16.7 Å². The number of hydrogen-bond donors (Lipinski definition) is 1. The van der Waals surface area contributed by atoms with E-state index in [1.54, 1.807) is 24.1 Å². The Labute approximate surface area is 146 Å². The van der Waals surface area contributed by atoms with Crippen LogP contribution in [0.15, 0.2) is 59.7 Å². The van der Waals surface area contributed by atoms with Gasteiger partial charge in [0.15, 0.2) is 5.82 Å². The van der Waals surface area contributed by atoms with Crippen molar-refractivity contribution in [2.45, 2.75) is 20.4 Å². The van der Waals surface area contributed by atoms with Crippen LogP contribution in [0.25, 0.3) is 5.69 Å². The zero-order valence-electron chi connectivity index (χ0n) is 14.6. The molecule has 0 saturated carbocycles. The van der Waals surface area contributed by atoms with Crippen molar-refractivity contribution < 1.29 is 4.74 Å². The van der Waals surface area contributed by atoms with E-state index >= 15 is 0 Å². The van der Waals surface area contributed by atoms with Gasteiger partial charge in [0.05, 0.1) is 12.8 Å². The molecule has 25 heavy (non-hydrogen) atoms. The second kappa shape index (κ2) is 7.21. The summed E-state index contributed by atoms with van der Waals surface area (Å²) >= 11 is 0. The van der Waals surface area contributed by atoms with Gasteiger partial charge >= 0.3 is 0 Å². The zero-order chi connectivity index (χ0) is 17.8. The van der Waals surface area contributed by atoms with Gasteiger partial charge in [-0.15, -0.1) is 0 Å². The molecule has 0 aliphatic carbocycles. The zero-order valence-corrected chi connectivity index (χ0v) is 14.6. The number of nitrogens with zero attached hydrogens (tertiary/aromatic N) is 2. The number of benzene rings is 2. The summed E-state index contributed by atoms with van der Waals surface area (Å²) in [6.45, 7) is 4.52. The molecule has 5 nitrogen and oxygen atoms in total. The van der Waals surface area contributed by atoms with Crippen molar-refractivity contribution in [3.05, 3.63) is 81.9 Å². The van der Waals surface area contributed by atoms with Gasteiger partial charge in [-0.05, 0) is 48.7 Å². The number of anilines is 1. The summed E-state index contributed by atoms with van der Waals surface area (Å²) in [5, 5.41) is 3.13. The molecular weight excluding hydrogens is 314 g/mol. The van der Waals surface area contributed by atoms with Crippen molar-refractivity contribution in [1.29, 1.82) is 0 Å². The number of ether oxygens (including phenoxy) is 1. The van der Waals surface area contributed by atoms with Gasteiger partial charge in [0.2, 0.25) is 0 Å². The number of methoxy groups -OCH3 is 1. The van der Waals surface area contributed by atoms with E-state index in [1.807, 2.05) is 56.3 Å². The molecule has 1 N–H and O–H groups in total. The Morgan fingerprint density at radius 2 is 1.88 bits per heavy atom. The van der Waals surface area contributed by atoms with Gasteiger partial charge in [0, 0.05) is 18.9 Å². The molecule has 128 valence electrons. The van der Waals surface area contributed by atoms with Crippen LogP contribution in [0.3, 0.4) is 0 Å². The van der Waals surface area contributed by atoms with Crippen molar-refractivity contribution in [3.63, 3.8) is 0 Å². The molecule has 0 fully saturated rings. The highest BCUT2D eigenvalue weighted by atomic mass is 16.5. The van der Waals surface area contributed by atoms with E-state index in [-0.39, 0.29) is 5.56 Å². The van der Waals surface area contributed by atoms with Gasteiger partial charge in [-0.2, -0.15) is 0 Å². The number of aryl methyl sites for hydroxylation is 2. The fourth-order valence-electron chi connectivity index (χ4n) is 2.63. The first kappa shape index (κ1) is 16.8. The smallest absolute Gasteiger partial charge is 0.297 e. The minimum Gasteiger partial charge on any atom is -0.497 e. The molecule has 0 amide bonds. The van der Waals surface area contributed by atoms with Crippen LogP contribution in [0.2, 0.25) is 0 Å². The van der Waals surface area contributed by atoms with Crippen molar-refractivity contribution in [2.75, 3.05) is 12.4 Å². The molecule has 0 radical (unpaired) electrons. The second-order valence-electron chi connectivity index (χ2n) is 5.94. The lowest BCUT2D eigenvalue weighted by Crippen LogP contribution is -2.23. The summed E-state index contributed by atoms with van der Waals surface area (Å²) in [7, 11) is 1.64. The van der Waals surface area contributed by atoms with E-state index < -0.39 is 0 Å². The van der Waals surface area contributed by atoms with Crippen molar-refractivity contribution in [1.82, 2.24) is 9.55 Å². The highest BCUT2D eigenvalue weighted by Gasteiger charge is 2.08. The van der Waals surface area contributed by atoms with Gasteiger partial charge in [0.1, 0.15) is 5.75 Å². The third-order valence-corrected chi connectivity index (χ3v) is 4.08. The fourth-order valence-corrected chi connectivity index (χ4v) is 2.63. The van der Waals surface area contributed by atoms with Gasteiger partial charge in [0.25, 0.3) is 5.56 Å². The van der Waals surface area contributed by atoms with E-state index in [1.165, 1.54) is 0 Å². The Bertz CT molecular complexity index is 930. The number of rotatable bonds is 5. The van der Waals surface area contributed by atoms with Crippen LogP contribution >= 0.6 is 0 Å². The standard InChI is InChI=1S/C20H21N3O2/c1-14-4-5-15(2)18(12-14)23-11-10-21-19(20(23)24)22-13-16-6-8-17(25-3)9-7-16/h4-12H,13H2,1-3H3,(H,21,22). The minimum absolute atomic E-state index is 0.162. The molecule has 0 unspecified atom stereocenters. The number of nitrogens with one attached hydrogen (secondary N) is 1. The normalized spacial score (nSPS) is 10.5. The molecule has 1 heterocycles. The summed E-state index contributed by atoms with van der Waals surface area (Å²) in [5.41, 5.74) is 3.91. The molecule has 0 aliphatic heterocycles. The largest absolute Gasteiger partial charge is 0.497 e.